The molecule has 1 aromatic carbocycles. The van der Waals surface area contributed by atoms with Crippen molar-refractivity contribution in [2.24, 2.45) is 0 Å². The van der Waals surface area contributed by atoms with Crippen LogP contribution in [0.4, 0.5) is 0 Å². The zero-order valence-corrected chi connectivity index (χ0v) is 12.2. The van der Waals surface area contributed by atoms with Crippen molar-refractivity contribution in [1.29, 1.82) is 0 Å². The minimum Gasteiger partial charge on any atom is -0.478 e. The molecule has 1 aromatic heterocycles. The first kappa shape index (κ1) is 12.8. The standard InChI is InChI=1S/C16H15ClN2O2/c17-9-3-4-13-12(8-9)10-5-7-19-6-1-2-11(16(20)21)15(19)14(10)18-13/h3-4,8,18H,1-2,5-7H2,(H,20,21). The Balaban J connectivity index is 2.01. The predicted octanol–water partition coefficient (Wildman–Crippen LogP) is 3.27. The molecule has 2 N–H and O–H groups in total. The average Bonchev–Trinajstić information content (AvgIpc) is 2.84. The third kappa shape index (κ3) is 1.86. The third-order valence-electron chi connectivity index (χ3n) is 4.45. The van der Waals surface area contributed by atoms with E-state index in [0.29, 0.717) is 17.0 Å². The maximum Gasteiger partial charge on any atom is 0.333 e. The number of halogens is 1. The van der Waals surface area contributed by atoms with E-state index in [-0.39, 0.29) is 0 Å². The number of aromatic nitrogens is 1. The molecule has 0 atom stereocenters. The highest BCUT2D eigenvalue weighted by molar-refractivity contribution is 6.31. The third-order valence-corrected chi connectivity index (χ3v) is 4.69. The molecule has 0 amide bonds. The van der Waals surface area contributed by atoms with E-state index in [0.717, 1.165) is 48.2 Å². The monoisotopic (exact) mass is 302 g/mol. The van der Waals surface area contributed by atoms with Gasteiger partial charge in [-0.05, 0) is 43.0 Å². The topological polar surface area (TPSA) is 56.3 Å². The molecule has 0 aliphatic carbocycles. The summed E-state index contributed by atoms with van der Waals surface area (Å²) in [6.07, 6.45) is 2.47. The zero-order chi connectivity index (χ0) is 14.6. The molecule has 4 nitrogen and oxygen atoms in total. The number of carboxylic acid groups (broad SMARTS) is 1. The molecule has 0 saturated heterocycles. The van der Waals surface area contributed by atoms with Crippen molar-refractivity contribution >= 4 is 34.2 Å². The lowest BCUT2D eigenvalue weighted by atomic mass is 9.93. The quantitative estimate of drug-likeness (QED) is 0.850. The highest BCUT2D eigenvalue weighted by atomic mass is 35.5. The van der Waals surface area contributed by atoms with Crippen molar-refractivity contribution in [3.05, 3.63) is 40.1 Å². The first-order chi connectivity index (χ1) is 10.1. The highest BCUT2D eigenvalue weighted by Crippen LogP contribution is 2.39. The largest absolute Gasteiger partial charge is 0.478 e. The van der Waals surface area contributed by atoms with Crippen molar-refractivity contribution in [2.45, 2.75) is 19.3 Å². The second-order valence-electron chi connectivity index (χ2n) is 5.64. The molecule has 0 saturated carbocycles. The van der Waals surface area contributed by atoms with Gasteiger partial charge in [-0.25, -0.2) is 4.79 Å². The molecule has 0 fully saturated rings. The Morgan fingerprint density at radius 1 is 1.29 bits per heavy atom. The Kier molecular flexibility index (Phi) is 2.76. The van der Waals surface area contributed by atoms with Gasteiger partial charge in [-0.3, -0.25) is 0 Å². The number of hydrogen-bond acceptors (Lipinski definition) is 2. The molecule has 4 rings (SSSR count). The second-order valence-corrected chi connectivity index (χ2v) is 6.08. The van der Waals surface area contributed by atoms with Gasteiger partial charge in [0.2, 0.25) is 0 Å². The van der Waals surface area contributed by atoms with E-state index < -0.39 is 5.97 Å². The fourth-order valence-electron chi connectivity index (χ4n) is 3.54. The molecular formula is C16H15ClN2O2. The van der Waals surface area contributed by atoms with Crippen LogP contribution in [-0.4, -0.2) is 34.0 Å². The van der Waals surface area contributed by atoms with Gasteiger partial charge in [0.15, 0.2) is 0 Å². The Labute approximate surface area is 127 Å². The van der Waals surface area contributed by atoms with Crippen molar-refractivity contribution in [1.82, 2.24) is 9.88 Å². The van der Waals surface area contributed by atoms with Crippen LogP contribution in [0, 0.1) is 0 Å². The van der Waals surface area contributed by atoms with E-state index in [1.165, 1.54) is 5.56 Å². The molecule has 2 aliphatic heterocycles. The van der Waals surface area contributed by atoms with Gasteiger partial charge in [0.25, 0.3) is 0 Å². The summed E-state index contributed by atoms with van der Waals surface area (Å²) in [7, 11) is 0. The summed E-state index contributed by atoms with van der Waals surface area (Å²) in [5, 5.41) is 11.3. The number of hydrogen-bond donors (Lipinski definition) is 2. The molecule has 0 unspecified atom stereocenters. The van der Waals surface area contributed by atoms with Crippen LogP contribution in [0.3, 0.4) is 0 Å². The van der Waals surface area contributed by atoms with Crippen LogP contribution in [0.1, 0.15) is 24.1 Å². The molecular weight excluding hydrogens is 288 g/mol. The van der Waals surface area contributed by atoms with Crippen LogP contribution in [0.15, 0.2) is 23.8 Å². The van der Waals surface area contributed by atoms with Crippen LogP contribution < -0.4 is 0 Å². The summed E-state index contributed by atoms with van der Waals surface area (Å²) < 4.78 is 0. The van der Waals surface area contributed by atoms with Gasteiger partial charge in [0.1, 0.15) is 0 Å². The fourth-order valence-corrected chi connectivity index (χ4v) is 3.71. The molecule has 0 bridgehead atoms. The molecule has 0 radical (unpaired) electrons. The minimum absolute atomic E-state index is 0.528. The Morgan fingerprint density at radius 2 is 2.14 bits per heavy atom. The van der Waals surface area contributed by atoms with E-state index in [2.05, 4.69) is 9.88 Å². The minimum atomic E-state index is -0.806. The van der Waals surface area contributed by atoms with E-state index in [9.17, 15) is 9.90 Å². The van der Waals surface area contributed by atoms with Crippen molar-refractivity contribution < 1.29 is 9.90 Å². The van der Waals surface area contributed by atoms with E-state index in [4.69, 9.17) is 11.6 Å². The van der Waals surface area contributed by atoms with Crippen LogP contribution >= 0.6 is 11.6 Å². The first-order valence-corrected chi connectivity index (χ1v) is 7.55. The zero-order valence-electron chi connectivity index (χ0n) is 11.4. The maximum atomic E-state index is 11.6. The van der Waals surface area contributed by atoms with Crippen molar-refractivity contribution in [2.75, 3.05) is 13.1 Å². The molecule has 3 heterocycles. The summed E-state index contributed by atoms with van der Waals surface area (Å²) in [6, 6.07) is 5.78. The number of benzene rings is 1. The van der Waals surface area contributed by atoms with Crippen LogP contribution in [-0.2, 0) is 11.2 Å². The number of H-pyrrole nitrogens is 1. The normalized spacial score (nSPS) is 17.9. The number of rotatable bonds is 1. The van der Waals surface area contributed by atoms with Gasteiger partial charge >= 0.3 is 5.97 Å². The van der Waals surface area contributed by atoms with Gasteiger partial charge in [-0.2, -0.15) is 0 Å². The maximum absolute atomic E-state index is 11.6. The number of aromatic amines is 1. The SMILES string of the molecule is O=C(O)C1=C2c3[nH]c4ccc(Cl)cc4c3CCN2CCC1. The molecule has 2 aliphatic rings. The number of carbonyl (C=O) groups is 1. The number of carboxylic acids is 1. The molecule has 21 heavy (non-hydrogen) atoms. The lowest BCUT2D eigenvalue weighted by Gasteiger charge is -2.36. The summed E-state index contributed by atoms with van der Waals surface area (Å²) in [5.41, 5.74) is 4.59. The number of nitrogens with zero attached hydrogens (tertiary/aromatic N) is 1. The van der Waals surface area contributed by atoms with Crippen molar-refractivity contribution in [3.8, 4) is 0 Å². The Morgan fingerprint density at radius 3 is 2.95 bits per heavy atom. The first-order valence-electron chi connectivity index (χ1n) is 7.17. The fraction of sp³-hybridized carbons (Fsp3) is 0.312. The lowest BCUT2D eigenvalue weighted by Crippen LogP contribution is -2.35. The van der Waals surface area contributed by atoms with Gasteiger partial charge in [0, 0.05) is 29.0 Å². The van der Waals surface area contributed by atoms with Gasteiger partial charge < -0.3 is 15.0 Å². The molecule has 0 spiro atoms. The molecule has 108 valence electrons. The van der Waals surface area contributed by atoms with Gasteiger partial charge in [0.05, 0.1) is 17.0 Å². The summed E-state index contributed by atoms with van der Waals surface area (Å²) in [4.78, 5) is 17.2. The van der Waals surface area contributed by atoms with Gasteiger partial charge in [-0.1, -0.05) is 11.6 Å². The Bertz CT molecular complexity index is 791. The predicted molar refractivity (Wildman–Crippen MR) is 82.4 cm³/mol. The number of fused-ring (bicyclic) bond motifs is 5. The second kappa shape index (κ2) is 4.53. The van der Waals surface area contributed by atoms with E-state index >= 15 is 0 Å². The van der Waals surface area contributed by atoms with Crippen molar-refractivity contribution in [3.63, 3.8) is 0 Å². The van der Waals surface area contributed by atoms with Crippen LogP contribution in [0.25, 0.3) is 16.6 Å². The Hall–Kier alpha value is -1.94. The lowest BCUT2D eigenvalue weighted by molar-refractivity contribution is -0.132. The smallest absolute Gasteiger partial charge is 0.333 e. The average molecular weight is 303 g/mol. The molecule has 2 aromatic rings. The number of aliphatic carboxylic acids is 1. The highest BCUT2D eigenvalue weighted by Gasteiger charge is 2.32. The summed E-state index contributed by atoms with van der Waals surface area (Å²) in [6.45, 7) is 1.81. The van der Waals surface area contributed by atoms with Crippen LogP contribution in [0.2, 0.25) is 5.02 Å². The van der Waals surface area contributed by atoms with E-state index in [1.807, 2.05) is 18.2 Å². The van der Waals surface area contributed by atoms with Gasteiger partial charge in [-0.15, -0.1) is 0 Å². The summed E-state index contributed by atoms with van der Waals surface area (Å²) >= 11 is 6.10. The van der Waals surface area contributed by atoms with Crippen LogP contribution in [0.5, 0.6) is 0 Å². The summed E-state index contributed by atoms with van der Waals surface area (Å²) in [5.74, 6) is -0.806. The molecule has 5 heteroatoms. The van der Waals surface area contributed by atoms with E-state index in [1.54, 1.807) is 0 Å². The number of nitrogens with one attached hydrogen (secondary N) is 1.